The number of hydrogen-bond donors (Lipinski definition) is 1. The van der Waals surface area contributed by atoms with Crippen LogP contribution in [0.2, 0.25) is 0 Å². The molecule has 128 valence electrons. The minimum Gasteiger partial charge on any atom is -0.455 e. The molecule has 2 heterocycles. The molecule has 0 atom stereocenters. The van der Waals surface area contributed by atoms with Gasteiger partial charge in [-0.15, -0.1) is 0 Å². The topological polar surface area (TPSA) is 25.2 Å². The van der Waals surface area contributed by atoms with E-state index in [1.165, 1.54) is 22.1 Å². The number of anilines is 2. The summed E-state index contributed by atoms with van der Waals surface area (Å²) in [6.07, 6.45) is 0. The molecular weight excluding hydrogens is 330 g/mol. The fourth-order valence-corrected chi connectivity index (χ4v) is 4.17. The molecule has 6 rings (SSSR count). The summed E-state index contributed by atoms with van der Waals surface area (Å²) >= 11 is 0. The van der Waals surface area contributed by atoms with Gasteiger partial charge in [0.15, 0.2) is 0 Å². The second-order valence-electron chi connectivity index (χ2n) is 7.22. The molecule has 1 aromatic heterocycles. The van der Waals surface area contributed by atoms with Gasteiger partial charge in [-0.25, -0.2) is 0 Å². The van der Waals surface area contributed by atoms with E-state index in [4.69, 9.17) is 4.42 Å². The first-order chi connectivity index (χ1) is 13.3. The first kappa shape index (κ1) is 14.6. The molecule has 0 spiro atoms. The highest BCUT2D eigenvalue weighted by Gasteiger charge is 2.20. The third-order valence-electron chi connectivity index (χ3n) is 5.45. The first-order valence-corrected chi connectivity index (χ1v) is 9.21. The predicted octanol–water partition coefficient (Wildman–Crippen LogP) is 7.29. The van der Waals surface area contributed by atoms with Gasteiger partial charge in [0.1, 0.15) is 11.2 Å². The molecule has 1 aliphatic rings. The Morgan fingerprint density at radius 3 is 2.48 bits per heavy atom. The smallest absolute Gasteiger partial charge is 0.143 e. The zero-order chi connectivity index (χ0) is 18.0. The molecule has 0 fully saturated rings. The van der Waals surface area contributed by atoms with Crippen LogP contribution in [-0.4, -0.2) is 0 Å². The maximum atomic E-state index is 6.30. The molecule has 27 heavy (non-hydrogen) atoms. The molecule has 0 amide bonds. The van der Waals surface area contributed by atoms with Gasteiger partial charge in [0, 0.05) is 38.8 Å². The largest absolute Gasteiger partial charge is 0.455 e. The molecule has 0 saturated carbocycles. The van der Waals surface area contributed by atoms with E-state index in [1.807, 2.05) is 12.1 Å². The van der Waals surface area contributed by atoms with Gasteiger partial charge >= 0.3 is 0 Å². The van der Waals surface area contributed by atoms with Crippen molar-refractivity contribution in [1.29, 1.82) is 0 Å². The highest BCUT2D eigenvalue weighted by Crippen LogP contribution is 2.45. The van der Waals surface area contributed by atoms with Gasteiger partial charge < -0.3 is 9.73 Å². The van der Waals surface area contributed by atoms with E-state index in [-0.39, 0.29) is 0 Å². The number of rotatable bonds is 0. The maximum absolute atomic E-state index is 6.30. The minimum absolute atomic E-state index is 0.930. The Morgan fingerprint density at radius 2 is 1.52 bits per heavy atom. The summed E-state index contributed by atoms with van der Waals surface area (Å²) in [4.78, 5) is 0. The molecule has 1 aliphatic heterocycles. The van der Waals surface area contributed by atoms with Gasteiger partial charge in [0.2, 0.25) is 0 Å². The van der Waals surface area contributed by atoms with Gasteiger partial charge in [0.25, 0.3) is 0 Å². The molecule has 0 aliphatic carbocycles. The summed E-state index contributed by atoms with van der Waals surface area (Å²) in [5.74, 6) is 0. The van der Waals surface area contributed by atoms with Crippen LogP contribution in [0.25, 0.3) is 44.2 Å². The number of nitrogens with one attached hydrogen (secondary N) is 1. The van der Waals surface area contributed by atoms with Crippen molar-refractivity contribution in [3.63, 3.8) is 0 Å². The lowest BCUT2D eigenvalue weighted by Gasteiger charge is -2.20. The van der Waals surface area contributed by atoms with Crippen molar-refractivity contribution in [2.24, 2.45) is 0 Å². The second kappa shape index (κ2) is 5.24. The van der Waals surface area contributed by atoms with Crippen molar-refractivity contribution in [2.45, 2.75) is 6.92 Å². The van der Waals surface area contributed by atoms with E-state index in [9.17, 15) is 0 Å². The summed E-state index contributed by atoms with van der Waals surface area (Å²) in [6, 6.07) is 27.8. The molecule has 0 saturated heterocycles. The molecule has 0 radical (unpaired) electrons. The zero-order valence-electron chi connectivity index (χ0n) is 14.9. The quantitative estimate of drug-likeness (QED) is 0.312. The van der Waals surface area contributed by atoms with Crippen molar-refractivity contribution >= 4 is 33.3 Å². The summed E-state index contributed by atoms with van der Waals surface area (Å²) in [5.41, 5.74) is 10.1. The van der Waals surface area contributed by atoms with Gasteiger partial charge in [0.05, 0.1) is 0 Å². The summed E-state index contributed by atoms with van der Waals surface area (Å²) in [5, 5.41) is 5.98. The summed E-state index contributed by atoms with van der Waals surface area (Å²) in [6.45, 7) is 2.13. The normalized spacial score (nSPS) is 12.2. The van der Waals surface area contributed by atoms with Gasteiger partial charge in [-0.05, 0) is 48.4 Å². The lowest BCUT2D eigenvalue weighted by atomic mass is 9.92. The van der Waals surface area contributed by atoms with Crippen molar-refractivity contribution < 1.29 is 4.42 Å². The van der Waals surface area contributed by atoms with Crippen LogP contribution in [0, 0.1) is 6.92 Å². The Labute approximate surface area is 157 Å². The lowest BCUT2D eigenvalue weighted by Crippen LogP contribution is -1.99. The Hall–Kier alpha value is -3.52. The standard InChI is InChI=1S/C25H17NO/c1-15-10-11-17-16-13-20(18-6-2-4-8-22(18)26-23(17)12-15)25-21(14-16)19-7-3-5-9-24(19)27-25/h2-14,26H,1H3. The number of hydrogen-bond acceptors (Lipinski definition) is 2. The van der Waals surface area contributed by atoms with Crippen molar-refractivity contribution in [3.8, 4) is 22.3 Å². The average Bonchev–Trinajstić information content (AvgIpc) is 3.06. The molecule has 5 aromatic rings. The van der Waals surface area contributed by atoms with E-state index in [0.29, 0.717) is 0 Å². The Kier molecular flexibility index (Phi) is 2.84. The number of benzene rings is 4. The van der Waals surface area contributed by atoms with Crippen molar-refractivity contribution in [2.75, 3.05) is 5.32 Å². The zero-order valence-corrected chi connectivity index (χ0v) is 14.9. The fourth-order valence-electron chi connectivity index (χ4n) is 4.17. The summed E-state index contributed by atoms with van der Waals surface area (Å²) < 4.78 is 6.30. The van der Waals surface area contributed by atoms with Crippen LogP contribution in [0.3, 0.4) is 0 Å². The van der Waals surface area contributed by atoms with Crippen LogP contribution < -0.4 is 5.32 Å². The van der Waals surface area contributed by atoms with Crippen molar-refractivity contribution in [1.82, 2.24) is 0 Å². The molecule has 2 heteroatoms. The maximum Gasteiger partial charge on any atom is 0.143 e. The molecular formula is C25H17NO. The van der Waals surface area contributed by atoms with Gasteiger partial charge in [-0.2, -0.15) is 0 Å². The fraction of sp³-hybridized carbons (Fsp3) is 0.0400. The Balaban J connectivity index is 1.83. The number of fused-ring (bicyclic) bond motifs is 10. The molecule has 0 unspecified atom stereocenters. The van der Waals surface area contributed by atoms with Crippen molar-refractivity contribution in [3.05, 3.63) is 84.4 Å². The van der Waals surface area contributed by atoms with Gasteiger partial charge in [-0.3, -0.25) is 0 Å². The SMILES string of the molecule is Cc1ccc2c(c1)Nc1ccccc1-c1cc-2cc2c1oc1ccccc12. The minimum atomic E-state index is 0.930. The molecule has 2 nitrogen and oxygen atoms in total. The molecule has 2 bridgehead atoms. The highest BCUT2D eigenvalue weighted by molar-refractivity contribution is 6.13. The van der Waals surface area contributed by atoms with E-state index in [2.05, 4.69) is 79.0 Å². The molecule has 1 N–H and O–H groups in total. The van der Waals surface area contributed by atoms with E-state index in [1.54, 1.807) is 0 Å². The van der Waals surface area contributed by atoms with E-state index >= 15 is 0 Å². The van der Waals surface area contributed by atoms with Crippen LogP contribution >= 0.6 is 0 Å². The first-order valence-electron chi connectivity index (χ1n) is 9.21. The Bertz CT molecular complexity index is 1360. The van der Waals surface area contributed by atoms with Crippen LogP contribution in [0.5, 0.6) is 0 Å². The van der Waals surface area contributed by atoms with Gasteiger partial charge in [-0.1, -0.05) is 48.5 Å². The van der Waals surface area contributed by atoms with Crippen LogP contribution in [-0.2, 0) is 0 Å². The third-order valence-corrected chi connectivity index (χ3v) is 5.45. The van der Waals surface area contributed by atoms with E-state index in [0.717, 1.165) is 39.1 Å². The Morgan fingerprint density at radius 1 is 0.667 bits per heavy atom. The average molecular weight is 347 g/mol. The predicted molar refractivity (Wildman–Crippen MR) is 113 cm³/mol. The number of aryl methyl sites for hydroxylation is 1. The number of furan rings is 1. The monoisotopic (exact) mass is 347 g/mol. The number of para-hydroxylation sites is 2. The third kappa shape index (κ3) is 2.07. The van der Waals surface area contributed by atoms with Crippen LogP contribution in [0.4, 0.5) is 11.4 Å². The highest BCUT2D eigenvalue weighted by atomic mass is 16.3. The van der Waals surface area contributed by atoms with E-state index < -0.39 is 0 Å². The second-order valence-corrected chi connectivity index (χ2v) is 7.22. The van der Waals surface area contributed by atoms with Crippen LogP contribution in [0.15, 0.2) is 83.3 Å². The van der Waals surface area contributed by atoms with Crippen LogP contribution in [0.1, 0.15) is 5.56 Å². The lowest BCUT2D eigenvalue weighted by molar-refractivity contribution is 0.670. The molecule has 4 aromatic carbocycles. The summed E-state index contributed by atoms with van der Waals surface area (Å²) in [7, 11) is 0.